The summed E-state index contributed by atoms with van der Waals surface area (Å²) in [5.41, 5.74) is 0.826. The fourth-order valence-electron chi connectivity index (χ4n) is 1.81. The van der Waals surface area contributed by atoms with Crippen molar-refractivity contribution >= 4 is 21.6 Å². The van der Waals surface area contributed by atoms with E-state index in [2.05, 4.69) is 26.0 Å². The number of benzene rings is 1. The second-order valence-corrected chi connectivity index (χ2v) is 4.75. The molecule has 0 saturated heterocycles. The lowest BCUT2D eigenvalue weighted by atomic mass is 10.2. The summed E-state index contributed by atoms with van der Waals surface area (Å²) < 4.78 is 16.4. The Kier molecular flexibility index (Phi) is 2.90. The summed E-state index contributed by atoms with van der Waals surface area (Å²) in [6.45, 7) is 0.193. The fraction of sp³-hybridized carbons (Fsp3) is 0.0833. The Labute approximate surface area is 115 Å². The van der Waals surface area contributed by atoms with E-state index in [0.29, 0.717) is 15.7 Å². The minimum Gasteiger partial charge on any atom is -0.259 e. The minimum atomic E-state index is -0.365. The van der Waals surface area contributed by atoms with Crippen LogP contribution in [-0.4, -0.2) is 19.2 Å². The third kappa shape index (κ3) is 2.06. The highest BCUT2D eigenvalue weighted by molar-refractivity contribution is 9.10. The lowest BCUT2D eigenvalue weighted by Crippen LogP contribution is -2.21. The van der Waals surface area contributed by atoms with Gasteiger partial charge in [-0.05, 0) is 27.6 Å². The zero-order valence-corrected chi connectivity index (χ0v) is 11.2. The van der Waals surface area contributed by atoms with E-state index in [1.807, 2.05) is 0 Å². The van der Waals surface area contributed by atoms with Gasteiger partial charge in [0.05, 0.1) is 17.2 Å². The van der Waals surface area contributed by atoms with Gasteiger partial charge in [0.2, 0.25) is 0 Å². The molecule has 0 aliphatic rings. The Bertz CT molecular complexity index is 811. The summed E-state index contributed by atoms with van der Waals surface area (Å²) in [6.07, 6.45) is 4.55. The molecule has 0 fully saturated rings. The molecule has 2 aromatic heterocycles. The molecule has 0 radical (unpaired) electrons. The Morgan fingerprint density at radius 1 is 1.37 bits per heavy atom. The van der Waals surface area contributed by atoms with Crippen LogP contribution in [0.15, 0.2) is 46.1 Å². The second kappa shape index (κ2) is 4.58. The van der Waals surface area contributed by atoms with E-state index in [-0.39, 0.29) is 18.1 Å². The van der Waals surface area contributed by atoms with E-state index >= 15 is 0 Å². The van der Waals surface area contributed by atoms with Crippen LogP contribution in [0.5, 0.6) is 0 Å². The van der Waals surface area contributed by atoms with Gasteiger partial charge in [-0.1, -0.05) is 12.1 Å². The first-order chi connectivity index (χ1) is 9.16. The largest absolute Gasteiger partial charge is 0.350 e. The van der Waals surface area contributed by atoms with Crippen LogP contribution in [0.3, 0.4) is 0 Å². The Morgan fingerprint density at radius 2 is 2.21 bits per heavy atom. The quantitative estimate of drug-likeness (QED) is 0.723. The molecule has 0 atom stereocenters. The van der Waals surface area contributed by atoms with Gasteiger partial charge in [-0.3, -0.25) is 4.98 Å². The third-order valence-electron chi connectivity index (χ3n) is 2.74. The van der Waals surface area contributed by atoms with Crippen LogP contribution < -0.4 is 5.69 Å². The summed E-state index contributed by atoms with van der Waals surface area (Å²) in [5.74, 6) is -0.365. The van der Waals surface area contributed by atoms with Crippen molar-refractivity contribution in [2.45, 2.75) is 6.54 Å². The highest BCUT2D eigenvalue weighted by Crippen LogP contribution is 2.20. The van der Waals surface area contributed by atoms with Gasteiger partial charge in [0.1, 0.15) is 5.82 Å². The fourth-order valence-corrected chi connectivity index (χ4v) is 2.20. The molecule has 19 heavy (non-hydrogen) atoms. The molecular weight excluding hydrogens is 315 g/mol. The molecule has 0 N–H and O–H groups in total. The summed E-state index contributed by atoms with van der Waals surface area (Å²) >= 11 is 3.17. The van der Waals surface area contributed by atoms with Gasteiger partial charge >= 0.3 is 5.69 Å². The number of hydrogen-bond donors (Lipinski definition) is 0. The first-order valence-electron chi connectivity index (χ1n) is 5.49. The van der Waals surface area contributed by atoms with E-state index in [1.54, 1.807) is 18.3 Å². The molecule has 0 aliphatic heterocycles. The monoisotopic (exact) mass is 322 g/mol. The van der Waals surface area contributed by atoms with Gasteiger partial charge < -0.3 is 0 Å². The zero-order chi connectivity index (χ0) is 13.4. The smallest absolute Gasteiger partial charge is 0.259 e. The summed E-state index contributed by atoms with van der Waals surface area (Å²) in [4.78, 5) is 16.0. The van der Waals surface area contributed by atoms with Gasteiger partial charge in [-0.2, -0.15) is 0 Å². The van der Waals surface area contributed by atoms with Gasteiger partial charge in [0.25, 0.3) is 0 Å². The molecule has 7 heteroatoms. The molecule has 1 aromatic carbocycles. The summed E-state index contributed by atoms with van der Waals surface area (Å²) in [6, 6.07) is 4.68. The van der Waals surface area contributed by atoms with Crippen molar-refractivity contribution in [2.75, 3.05) is 0 Å². The molecule has 0 unspecified atom stereocenters. The van der Waals surface area contributed by atoms with Crippen LogP contribution in [0.25, 0.3) is 5.65 Å². The van der Waals surface area contributed by atoms with Crippen molar-refractivity contribution in [3.05, 3.63) is 63.1 Å². The molecule has 0 saturated carbocycles. The second-order valence-electron chi connectivity index (χ2n) is 3.96. The van der Waals surface area contributed by atoms with Gasteiger partial charge in [0.15, 0.2) is 5.65 Å². The molecule has 0 amide bonds. The van der Waals surface area contributed by atoms with Gasteiger partial charge in [-0.15, -0.1) is 5.10 Å². The standard InChI is InChI=1S/C12H8BrFN4O/c13-11-8(2-1-3-9(11)14)7-18-12(19)17-5-4-15-6-10(17)16-18/h1-6H,7H2. The lowest BCUT2D eigenvalue weighted by molar-refractivity contribution is 0.607. The number of hydrogen-bond acceptors (Lipinski definition) is 3. The van der Waals surface area contributed by atoms with Crippen LogP contribution >= 0.6 is 15.9 Å². The van der Waals surface area contributed by atoms with E-state index in [9.17, 15) is 9.18 Å². The Hall–Kier alpha value is -2.02. The summed E-state index contributed by atoms with van der Waals surface area (Å²) in [7, 11) is 0. The molecular formula is C12H8BrFN4O. The maximum Gasteiger partial charge on any atom is 0.350 e. The average molecular weight is 323 g/mol. The molecule has 96 valence electrons. The maximum absolute atomic E-state index is 13.4. The van der Waals surface area contributed by atoms with Crippen molar-refractivity contribution in [3.63, 3.8) is 0 Å². The highest BCUT2D eigenvalue weighted by atomic mass is 79.9. The molecule has 5 nitrogen and oxygen atoms in total. The lowest BCUT2D eigenvalue weighted by Gasteiger charge is -2.03. The van der Waals surface area contributed by atoms with E-state index in [0.717, 1.165) is 0 Å². The van der Waals surface area contributed by atoms with Crippen molar-refractivity contribution < 1.29 is 4.39 Å². The number of nitrogens with zero attached hydrogens (tertiary/aromatic N) is 4. The highest BCUT2D eigenvalue weighted by Gasteiger charge is 2.10. The SMILES string of the molecule is O=c1n(Cc2cccc(F)c2Br)nc2cnccn12. The summed E-state index contributed by atoms with van der Waals surface area (Å²) in [5, 5.41) is 4.14. The normalized spacial score (nSPS) is 11.1. The molecule has 0 aliphatic carbocycles. The van der Waals surface area contributed by atoms with E-state index in [1.165, 1.54) is 27.5 Å². The predicted molar refractivity (Wildman–Crippen MR) is 70.4 cm³/mol. The maximum atomic E-state index is 13.4. The predicted octanol–water partition coefficient (Wildman–Crippen LogP) is 1.84. The number of fused-ring (bicyclic) bond motifs is 1. The molecule has 0 spiro atoms. The van der Waals surface area contributed by atoms with Crippen LogP contribution in [-0.2, 0) is 6.54 Å². The Morgan fingerprint density at radius 3 is 3.00 bits per heavy atom. The first-order valence-corrected chi connectivity index (χ1v) is 6.28. The van der Waals surface area contributed by atoms with Crippen molar-refractivity contribution in [3.8, 4) is 0 Å². The van der Waals surface area contributed by atoms with Gasteiger partial charge in [0, 0.05) is 12.4 Å². The number of aromatic nitrogens is 4. The average Bonchev–Trinajstić information content (AvgIpc) is 2.73. The number of rotatable bonds is 2. The topological polar surface area (TPSA) is 52.2 Å². The molecule has 2 heterocycles. The van der Waals surface area contributed by atoms with Crippen molar-refractivity contribution in [1.82, 2.24) is 19.2 Å². The molecule has 3 rings (SSSR count). The first kappa shape index (κ1) is 12.0. The van der Waals surface area contributed by atoms with Gasteiger partial charge in [-0.25, -0.2) is 18.3 Å². The van der Waals surface area contributed by atoms with Crippen LogP contribution in [0.4, 0.5) is 4.39 Å². The van der Waals surface area contributed by atoms with Crippen LogP contribution in [0.2, 0.25) is 0 Å². The third-order valence-corrected chi connectivity index (χ3v) is 3.63. The Balaban J connectivity index is 2.09. The van der Waals surface area contributed by atoms with E-state index < -0.39 is 0 Å². The van der Waals surface area contributed by atoms with Crippen molar-refractivity contribution in [1.29, 1.82) is 0 Å². The van der Waals surface area contributed by atoms with Crippen LogP contribution in [0.1, 0.15) is 5.56 Å². The zero-order valence-electron chi connectivity index (χ0n) is 9.62. The molecule has 3 aromatic rings. The number of halogens is 2. The van der Waals surface area contributed by atoms with E-state index in [4.69, 9.17) is 0 Å². The van der Waals surface area contributed by atoms with Crippen molar-refractivity contribution in [2.24, 2.45) is 0 Å². The minimum absolute atomic E-state index is 0.193. The molecule has 0 bridgehead atoms. The van der Waals surface area contributed by atoms with Crippen LogP contribution in [0, 0.1) is 5.82 Å².